The van der Waals surface area contributed by atoms with Gasteiger partial charge in [0.1, 0.15) is 6.54 Å². The van der Waals surface area contributed by atoms with Crippen LogP contribution in [0.5, 0.6) is 0 Å². The summed E-state index contributed by atoms with van der Waals surface area (Å²) in [6, 6.07) is 9.05. The quantitative estimate of drug-likeness (QED) is 0.371. The van der Waals surface area contributed by atoms with Crippen LogP contribution in [0.4, 0.5) is 11.4 Å². The van der Waals surface area contributed by atoms with Gasteiger partial charge in [-0.3, -0.25) is 29.4 Å². The second kappa shape index (κ2) is 6.45. The van der Waals surface area contributed by atoms with Crippen LogP contribution in [0.1, 0.15) is 31.8 Å². The van der Waals surface area contributed by atoms with Gasteiger partial charge in [-0.15, -0.1) is 0 Å². The maximum Gasteiger partial charge on any atom is 0.270 e. The molecule has 4 rings (SSSR count). The van der Waals surface area contributed by atoms with Gasteiger partial charge in [-0.05, 0) is 35.7 Å². The van der Waals surface area contributed by atoms with Crippen LogP contribution in [-0.4, -0.2) is 45.5 Å². The Morgan fingerprint density at radius 3 is 2.57 bits per heavy atom. The summed E-state index contributed by atoms with van der Waals surface area (Å²) in [4.78, 5) is 50.4. The van der Waals surface area contributed by atoms with Crippen LogP contribution in [-0.2, 0) is 17.8 Å². The summed E-state index contributed by atoms with van der Waals surface area (Å²) in [5.74, 6) is -1.68. The molecule has 0 aromatic heterocycles. The van der Waals surface area contributed by atoms with E-state index in [2.05, 4.69) is 0 Å². The molecular weight excluding hydrogens is 364 g/mol. The molecule has 2 aliphatic heterocycles. The number of hydrogen-bond donors (Lipinski definition) is 1. The van der Waals surface area contributed by atoms with Crippen molar-refractivity contribution in [1.82, 2.24) is 9.80 Å². The number of nitrogens with zero attached hydrogens (tertiary/aromatic N) is 3. The lowest BCUT2D eigenvalue weighted by Gasteiger charge is -2.30. The van der Waals surface area contributed by atoms with Crippen LogP contribution in [0.15, 0.2) is 36.4 Å². The molecule has 2 N–H and O–H groups in total. The van der Waals surface area contributed by atoms with E-state index >= 15 is 0 Å². The van der Waals surface area contributed by atoms with Crippen LogP contribution in [0, 0.1) is 10.1 Å². The molecule has 0 unspecified atom stereocenters. The number of hydrogen-bond acceptors (Lipinski definition) is 6. The highest BCUT2D eigenvalue weighted by molar-refractivity contribution is 6.22. The number of anilines is 1. The van der Waals surface area contributed by atoms with E-state index in [0.29, 0.717) is 25.2 Å². The first kappa shape index (κ1) is 17.7. The maximum absolute atomic E-state index is 12.7. The van der Waals surface area contributed by atoms with Gasteiger partial charge >= 0.3 is 0 Å². The molecule has 0 fully saturated rings. The number of fused-ring (bicyclic) bond motifs is 2. The zero-order valence-electron chi connectivity index (χ0n) is 14.8. The van der Waals surface area contributed by atoms with Gasteiger partial charge in [0.25, 0.3) is 17.5 Å². The van der Waals surface area contributed by atoms with E-state index in [-0.39, 0.29) is 22.7 Å². The van der Waals surface area contributed by atoms with Gasteiger partial charge in [0.15, 0.2) is 0 Å². The molecule has 2 heterocycles. The normalized spacial score (nSPS) is 15.4. The first-order valence-corrected chi connectivity index (χ1v) is 8.65. The van der Waals surface area contributed by atoms with E-state index in [1.165, 1.54) is 12.1 Å². The van der Waals surface area contributed by atoms with Crippen molar-refractivity contribution in [2.24, 2.45) is 0 Å². The first-order valence-electron chi connectivity index (χ1n) is 8.65. The standard InChI is InChI=1S/C19H16N4O5/c20-13-2-1-11-5-6-21(9-12(11)7-13)17(24)10-22-18(25)15-4-3-14(23(27)28)8-16(15)19(22)26/h1-4,7-8H,5-6,9-10,20H2. The Labute approximate surface area is 159 Å². The van der Waals surface area contributed by atoms with Gasteiger partial charge in [-0.25, -0.2) is 0 Å². The molecular formula is C19H16N4O5. The number of benzene rings is 2. The molecule has 2 aromatic rings. The number of nitro benzene ring substituents is 1. The fraction of sp³-hybridized carbons (Fsp3) is 0.211. The molecule has 3 amide bonds. The minimum atomic E-state index is -0.696. The second-order valence-corrected chi connectivity index (χ2v) is 6.78. The van der Waals surface area contributed by atoms with Crippen LogP contribution < -0.4 is 5.73 Å². The summed E-state index contributed by atoms with van der Waals surface area (Å²) in [6.45, 7) is 0.427. The monoisotopic (exact) mass is 380 g/mol. The van der Waals surface area contributed by atoms with Crippen molar-refractivity contribution >= 4 is 29.1 Å². The highest BCUT2D eigenvalue weighted by atomic mass is 16.6. The molecule has 0 atom stereocenters. The Morgan fingerprint density at radius 2 is 1.82 bits per heavy atom. The van der Waals surface area contributed by atoms with Crippen molar-refractivity contribution < 1.29 is 19.3 Å². The van der Waals surface area contributed by atoms with Gasteiger partial charge < -0.3 is 10.6 Å². The van der Waals surface area contributed by atoms with Crippen molar-refractivity contribution in [2.45, 2.75) is 13.0 Å². The van der Waals surface area contributed by atoms with Crippen LogP contribution in [0.3, 0.4) is 0 Å². The fourth-order valence-corrected chi connectivity index (χ4v) is 3.56. The van der Waals surface area contributed by atoms with Gasteiger partial charge in [0.2, 0.25) is 5.91 Å². The van der Waals surface area contributed by atoms with Crippen molar-refractivity contribution in [1.29, 1.82) is 0 Å². The second-order valence-electron chi connectivity index (χ2n) is 6.78. The van der Waals surface area contributed by atoms with Crippen LogP contribution in [0.25, 0.3) is 0 Å². The molecule has 0 spiro atoms. The van der Waals surface area contributed by atoms with Crippen LogP contribution in [0.2, 0.25) is 0 Å². The van der Waals surface area contributed by atoms with E-state index in [0.717, 1.165) is 22.1 Å². The average molecular weight is 380 g/mol. The molecule has 2 aromatic carbocycles. The van der Waals surface area contributed by atoms with Gasteiger partial charge in [0.05, 0.1) is 16.1 Å². The lowest BCUT2D eigenvalue weighted by atomic mass is 9.99. The average Bonchev–Trinajstić information content (AvgIpc) is 2.91. The number of rotatable bonds is 3. The molecule has 0 aliphatic carbocycles. The van der Waals surface area contributed by atoms with Crippen molar-refractivity contribution in [2.75, 3.05) is 18.8 Å². The predicted octanol–water partition coefficient (Wildman–Crippen LogP) is 1.36. The third-order valence-corrected chi connectivity index (χ3v) is 5.05. The van der Waals surface area contributed by atoms with E-state index < -0.39 is 23.3 Å². The minimum Gasteiger partial charge on any atom is -0.399 e. The van der Waals surface area contributed by atoms with Crippen molar-refractivity contribution in [3.8, 4) is 0 Å². The number of nitrogens with two attached hydrogens (primary N) is 1. The zero-order valence-corrected chi connectivity index (χ0v) is 14.8. The SMILES string of the molecule is Nc1ccc2c(c1)CN(C(=O)CN1C(=O)c3ccc([N+](=O)[O-])cc3C1=O)CC2. The summed E-state index contributed by atoms with van der Waals surface area (Å²) in [6.07, 6.45) is 0.662. The molecule has 0 bridgehead atoms. The smallest absolute Gasteiger partial charge is 0.270 e. The topological polar surface area (TPSA) is 127 Å². The molecule has 0 saturated heterocycles. The van der Waals surface area contributed by atoms with Gasteiger partial charge in [0, 0.05) is 30.9 Å². The third kappa shape index (κ3) is 2.86. The Hall–Kier alpha value is -3.75. The van der Waals surface area contributed by atoms with Gasteiger partial charge in [-0.2, -0.15) is 0 Å². The highest BCUT2D eigenvalue weighted by Gasteiger charge is 2.38. The van der Waals surface area contributed by atoms with E-state index in [4.69, 9.17) is 5.73 Å². The van der Waals surface area contributed by atoms with Crippen molar-refractivity contribution in [3.05, 3.63) is 68.8 Å². The molecule has 28 heavy (non-hydrogen) atoms. The summed E-state index contributed by atoms with van der Waals surface area (Å²) in [7, 11) is 0. The van der Waals surface area contributed by atoms with Gasteiger partial charge in [-0.1, -0.05) is 6.07 Å². The van der Waals surface area contributed by atoms with Crippen molar-refractivity contribution in [3.63, 3.8) is 0 Å². The fourth-order valence-electron chi connectivity index (χ4n) is 3.56. The molecule has 2 aliphatic rings. The lowest BCUT2D eigenvalue weighted by Crippen LogP contribution is -2.44. The number of nitrogen functional groups attached to an aromatic ring is 1. The summed E-state index contributed by atoms with van der Waals surface area (Å²) in [5, 5.41) is 10.9. The summed E-state index contributed by atoms with van der Waals surface area (Å²) < 4.78 is 0. The Morgan fingerprint density at radius 1 is 1.07 bits per heavy atom. The molecule has 0 radical (unpaired) electrons. The Kier molecular flexibility index (Phi) is 4.07. The zero-order chi connectivity index (χ0) is 20.0. The number of imide groups is 1. The number of amides is 3. The first-order chi connectivity index (χ1) is 13.3. The summed E-state index contributed by atoms with van der Waals surface area (Å²) >= 11 is 0. The molecule has 142 valence electrons. The van der Waals surface area contributed by atoms with E-state index in [1.807, 2.05) is 18.2 Å². The Bertz CT molecular complexity index is 1050. The molecule has 9 heteroatoms. The molecule has 0 saturated carbocycles. The minimum absolute atomic E-state index is 0.0521. The maximum atomic E-state index is 12.7. The third-order valence-electron chi connectivity index (χ3n) is 5.05. The highest BCUT2D eigenvalue weighted by Crippen LogP contribution is 2.27. The number of non-ortho nitro benzene ring substituents is 1. The summed E-state index contributed by atoms with van der Waals surface area (Å²) in [5.41, 5.74) is 8.21. The number of carbonyl (C=O) groups excluding carboxylic acids is 3. The predicted molar refractivity (Wildman–Crippen MR) is 98.4 cm³/mol. The lowest BCUT2D eigenvalue weighted by molar-refractivity contribution is -0.384. The largest absolute Gasteiger partial charge is 0.399 e. The van der Waals surface area contributed by atoms with E-state index in [1.54, 1.807) is 4.90 Å². The van der Waals surface area contributed by atoms with Crippen LogP contribution >= 0.6 is 0 Å². The van der Waals surface area contributed by atoms with E-state index in [9.17, 15) is 24.5 Å². The number of nitro groups is 1. The number of carbonyl (C=O) groups is 3. The Balaban J connectivity index is 1.52. The molecule has 9 nitrogen and oxygen atoms in total.